The van der Waals surface area contributed by atoms with Crippen LogP contribution in [0.15, 0.2) is 79.1 Å². The monoisotopic (exact) mass is 560 g/mol. The molecule has 0 amide bonds. The van der Waals surface area contributed by atoms with Gasteiger partial charge >= 0.3 is 0 Å². The van der Waals surface area contributed by atoms with Crippen molar-refractivity contribution in [1.29, 1.82) is 0 Å². The summed E-state index contributed by atoms with van der Waals surface area (Å²) in [7, 11) is 4.90. The summed E-state index contributed by atoms with van der Waals surface area (Å²) >= 11 is 0. The van der Waals surface area contributed by atoms with Crippen LogP contribution in [0.2, 0.25) is 0 Å². The van der Waals surface area contributed by atoms with Crippen molar-refractivity contribution in [3.63, 3.8) is 0 Å². The lowest BCUT2D eigenvalue weighted by Gasteiger charge is -2.26. The van der Waals surface area contributed by atoms with Gasteiger partial charge in [-0.25, -0.2) is 19.2 Å². The summed E-state index contributed by atoms with van der Waals surface area (Å²) in [5.74, 6) is 3.61. The fourth-order valence-corrected chi connectivity index (χ4v) is 5.54. The van der Waals surface area contributed by atoms with Crippen LogP contribution in [-0.2, 0) is 6.42 Å². The van der Waals surface area contributed by atoms with E-state index in [4.69, 9.17) is 39.1 Å². The first kappa shape index (κ1) is 25.6. The molecule has 0 aliphatic carbocycles. The van der Waals surface area contributed by atoms with Crippen molar-refractivity contribution >= 4 is 5.65 Å². The topological polar surface area (TPSA) is 97.8 Å². The van der Waals surface area contributed by atoms with Gasteiger partial charge in [0.05, 0.1) is 49.8 Å². The second kappa shape index (κ2) is 10.2. The predicted octanol–water partition coefficient (Wildman–Crippen LogP) is 5.52. The summed E-state index contributed by atoms with van der Waals surface area (Å²) in [4.78, 5) is 9.71. The molecule has 10 nitrogen and oxygen atoms in total. The van der Waals surface area contributed by atoms with Crippen molar-refractivity contribution in [2.24, 2.45) is 0 Å². The molecule has 10 heteroatoms. The number of para-hydroxylation sites is 1. The molecule has 0 bridgehead atoms. The first-order chi connectivity index (χ1) is 20.6. The molecule has 6 aromatic rings. The summed E-state index contributed by atoms with van der Waals surface area (Å²) in [5.41, 5.74) is 6.25. The summed E-state index contributed by atoms with van der Waals surface area (Å²) in [6.45, 7) is 2.00. The molecule has 1 atom stereocenters. The Bertz CT molecular complexity index is 1910. The highest BCUT2D eigenvalue weighted by molar-refractivity contribution is 5.66. The zero-order chi connectivity index (χ0) is 28.8. The standard InChI is InChI=1S/C32H28N6O4/c1-19-27-28(21-11-13-23(39-2)14-12-21)29-30-34-26(17-20-10-15-24(40-3)25(16-20)41-4)36-37(30)18-33-31(29)42-32(27)38(35-19)22-8-6-5-7-9-22/h5-16,18,28H,17H2,1-4H3/t28-/m0/s1. The van der Waals surface area contributed by atoms with Crippen molar-refractivity contribution in [2.75, 3.05) is 21.3 Å². The second-order valence-electron chi connectivity index (χ2n) is 9.99. The summed E-state index contributed by atoms with van der Waals surface area (Å²) in [6, 6.07) is 23.8. The maximum atomic E-state index is 6.53. The third-order valence-electron chi connectivity index (χ3n) is 7.52. The van der Waals surface area contributed by atoms with Gasteiger partial charge in [0.2, 0.25) is 11.8 Å². The van der Waals surface area contributed by atoms with Gasteiger partial charge in [-0.1, -0.05) is 36.4 Å². The van der Waals surface area contributed by atoms with Gasteiger partial charge in [0.15, 0.2) is 23.0 Å². The Kier molecular flexibility index (Phi) is 6.23. The van der Waals surface area contributed by atoms with Crippen LogP contribution < -0.4 is 18.9 Å². The van der Waals surface area contributed by atoms with Gasteiger partial charge in [-0.15, -0.1) is 5.10 Å². The fraction of sp³-hybridized carbons (Fsp3) is 0.188. The van der Waals surface area contributed by atoms with Crippen LogP contribution in [0.3, 0.4) is 0 Å². The van der Waals surface area contributed by atoms with Gasteiger partial charge < -0.3 is 18.9 Å². The lowest BCUT2D eigenvalue weighted by molar-refractivity contribution is 0.354. The Morgan fingerprint density at radius 1 is 0.833 bits per heavy atom. The molecule has 4 heterocycles. The third kappa shape index (κ3) is 4.19. The number of hydrogen-bond donors (Lipinski definition) is 0. The first-order valence-electron chi connectivity index (χ1n) is 13.5. The molecule has 42 heavy (non-hydrogen) atoms. The molecule has 7 rings (SSSR count). The molecule has 0 fully saturated rings. The number of aromatic nitrogens is 6. The highest BCUT2D eigenvalue weighted by Crippen LogP contribution is 2.49. The molecule has 0 N–H and O–H groups in total. The van der Waals surface area contributed by atoms with E-state index in [2.05, 4.69) is 12.1 Å². The zero-order valence-corrected chi connectivity index (χ0v) is 23.6. The molecule has 0 saturated heterocycles. The van der Waals surface area contributed by atoms with Gasteiger partial charge in [-0.2, -0.15) is 5.10 Å². The number of methoxy groups -OCH3 is 3. The fourth-order valence-electron chi connectivity index (χ4n) is 5.54. The minimum atomic E-state index is -0.249. The smallest absolute Gasteiger partial charge is 0.230 e. The molecule has 3 aromatic heterocycles. The second-order valence-corrected chi connectivity index (χ2v) is 9.99. The third-order valence-corrected chi connectivity index (χ3v) is 7.52. The SMILES string of the molecule is COc1ccc([C@H]2c3c(C)nn(-c4ccccc4)c3Oc3ncn4nc(Cc5ccc(OC)c(OC)c5)nc4c32)cc1. The molecule has 0 radical (unpaired) electrons. The van der Waals surface area contributed by atoms with Crippen LogP contribution >= 0.6 is 0 Å². The number of aryl methyl sites for hydroxylation is 1. The van der Waals surface area contributed by atoms with Crippen LogP contribution in [0, 0.1) is 6.92 Å². The van der Waals surface area contributed by atoms with Crippen molar-refractivity contribution in [2.45, 2.75) is 19.3 Å². The highest BCUT2D eigenvalue weighted by atomic mass is 16.5. The molecule has 0 spiro atoms. The maximum Gasteiger partial charge on any atom is 0.230 e. The number of ether oxygens (including phenoxy) is 4. The van der Waals surface area contributed by atoms with Crippen molar-refractivity contribution < 1.29 is 18.9 Å². The maximum absolute atomic E-state index is 6.53. The molecule has 0 saturated carbocycles. The van der Waals surface area contributed by atoms with Crippen LogP contribution in [0.5, 0.6) is 29.0 Å². The number of nitrogens with zero attached hydrogens (tertiary/aromatic N) is 6. The van der Waals surface area contributed by atoms with E-state index >= 15 is 0 Å². The van der Waals surface area contributed by atoms with E-state index in [1.54, 1.807) is 32.2 Å². The summed E-state index contributed by atoms with van der Waals surface area (Å²) in [5, 5.41) is 9.68. The highest BCUT2D eigenvalue weighted by Gasteiger charge is 2.38. The Hall–Kier alpha value is -5.38. The van der Waals surface area contributed by atoms with Gasteiger partial charge in [-0.05, 0) is 54.4 Å². The summed E-state index contributed by atoms with van der Waals surface area (Å²) < 4.78 is 26.4. The molecule has 210 valence electrons. The number of rotatable bonds is 7. The van der Waals surface area contributed by atoms with Crippen molar-refractivity contribution in [3.8, 4) is 34.7 Å². The van der Waals surface area contributed by atoms with E-state index < -0.39 is 0 Å². The molecule has 1 aliphatic rings. The first-order valence-corrected chi connectivity index (χ1v) is 13.5. The Morgan fingerprint density at radius 3 is 2.36 bits per heavy atom. The van der Waals surface area contributed by atoms with Gasteiger partial charge in [-0.3, -0.25) is 0 Å². The molecular weight excluding hydrogens is 532 g/mol. The Balaban J connectivity index is 1.38. The van der Waals surface area contributed by atoms with E-state index in [9.17, 15) is 0 Å². The Morgan fingerprint density at radius 2 is 1.62 bits per heavy atom. The van der Waals surface area contributed by atoms with Crippen molar-refractivity contribution in [1.82, 2.24) is 29.4 Å². The van der Waals surface area contributed by atoms with Crippen LogP contribution in [-0.4, -0.2) is 50.7 Å². The molecule has 1 aliphatic heterocycles. The van der Waals surface area contributed by atoms with E-state index in [1.165, 1.54) is 0 Å². The zero-order valence-electron chi connectivity index (χ0n) is 23.6. The van der Waals surface area contributed by atoms with Gasteiger partial charge in [0, 0.05) is 6.42 Å². The van der Waals surface area contributed by atoms with E-state index in [0.29, 0.717) is 41.2 Å². The predicted molar refractivity (Wildman–Crippen MR) is 155 cm³/mol. The van der Waals surface area contributed by atoms with Gasteiger partial charge in [0.25, 0.3) is 0 Å². The number of fused-ring (bicyclic) bond motifs is 4. The molecular formula is C32H28N6O4. The lowest BCUT2D eigenvalue weighted by atomic mass is 9.84. The quantitative estimate of drug-likeness (QED) is 0.251. The largest absolute Gasteiger partial charge is 0.497 e. The van der Waals surface area contributed by atoms with Crippen LogP contribution in [0.4, 0.5) is 0 Å². The number of hydrogen-bond acceptors (Lipinski definition) is 8. The minimum absolute atomic E-state index is 0.249. The minimum Gasteiger partial charge on any atom is -0.497 e. The van der Waals surface area contributed by atoms with Crippen LogP contribution in [0.25, 0.3) is 11.3 Å². The van der Waals surface area contributed by atoms with E-state index in [-0.39, 0.29) is 5.92 Å². The molecule has 3 aromatic carbocycles. The normalized spacial score (nSPS) is 13.8. The van der Waals surface area contributed by atoms with E-state index in [0.717, 1.165) is 39.4 Å². The molecule has 0 unspecified atom stereocenters. The lowest BCUT2D eigenvalue weighted by Crippen LogP contribution is -2.16. The van der Waals surface area contributed by atoms with Gasteiger partial charge in [0.1, 0.15) is 12.1 Å². The summed E-state index contributed by atoms with van der Waals surface area (Å²) in [6.07, 6.45) is 2.15. The average Bonchev–Trinajstić information content (AvgIpc) is 3.60. The number of benzene rings is 3. The van der Waals surface area contributed by atoms with E-state index in [1.807, 2.05) is 72.3 Å². The van der Waals surface area contributed by atoms with Crippen molar-refractivity contribution in [3.05, 3.63) is 113 Å². The average molecular weight is 561 g/mol. The Labute approximate surface area is 242 Å². The van der Waals surface area contributed by atoms with Crippen LogP contribution in [0.1, 0.15) is 39.7 Å².